The maximum absolute atomic E-state index is 13.4. The smallest absolute Gasteiger partial charge is 0.266 e. The minimum absolute atomic E-state index is 0.158. The van der Waals surface area contributed by atoms with Crippen molar-refractivity contribution in [2.45, 2.75) is 0 Å². The second-order valence-corrected chi connectivity index (χ2v) is 7.67. The third-order valence-electron chi connectivity index (χ3n) is 5.03. The molecule has 0 aliphatic rings. The molecule has 0 saturated heterocycles. The van der Waals surface area contributed by atoms with Crippen molar-refractivity contribution in [3.8, 4) is 11.4 Å². The van der Waals surface area contributed by atoms with Gasteiger partial charge in [0.05, 0.1) is 28.7 Å². The number of para-hydroxylation sites is 1. The number of rotatable bonds is 5. The van der Waals surface area contributed by atoms with E-state index in [2.05, 4.69) is 0 Å². The van der Waals surface area contributed by atoms with Crippen LogP contribution in [0.15, 0.2) is 71.5 Å². The fourth-order valence-electron chi connectivity index (χ4n) is 3.36. The lowest BCUT2D eigenvalue weighted by atomic mass is 10.1. The minimum atomic E-state index is -0.158. The Hall–Kier alpha value is -3.57. The lowest BCUT2D eigenvalue weighted by Crippen LogP contribution is -2.22. The van der Waals surface area contributed by atoms with E-state index in [1.165, 1.54) is 0 Å². The Kier molecular flexibility index (Phi) is 5.78. The van der Waals surface area contributed by atoms with E-state index in [0.717, 1.165) is 11.3 Å². The van der Waals surface area contributed by atoms with Gasteiger partial charge < -0.3 is 9.64 Å². The summed E-state index contributed by atoms with van der Waals surface area (Å²) < 4.78 is 6.81. The summed E-state index contributed by atoms with van der Waals surface area (Å²) in [5.74, 6) is 1.06. The van der Waals surface area contributed by atoms with Crippen LogP contribution in [0.2, 0.25) is 5.02 Å². The molecule has 31 heavy (non-hydrogen) atoms. The van der Waals surface area contributed by atoms with E-state index in [9.17, 15) is 4.79 Å². The normalized spacial score (nSPS) is 11.2. The zero-order valence-electron chi connectivity index (χ0n) is 17.5. The Balaban J connectivity index is 1.86. The monoisotopic (exact) mass is 431 g/mol. The number of hydrogen-bond donors (Lipinski definition) is 0. The second-order valence-electron chi connectivity index (χ2n) is 7.27. The third kappa shape index (κ3) is 4.18. The molecule has 0 unspecified atom stereocenters. The first-order chi connectivity index (χ1) is 15.0. The van der Waals surface area contributed by atoms with Gasteiger partial charge in [0, 0.05) is 19.8 Å². The van der Waals surface area contributed by atoms with E-state index in [-0.39, 0.29) is 5.56 Å². The quantitative estimate of drug-likeness (QED) is 0.431. The van der Waals surface area contributed by atoms with Gasteiger partial charge in [-0.15, -0.1) is 0 Å². The molecule has 0 aliphatic heterocycles. The van der Waals surface area contributed by atoms with Crippen molar-refractivity contribution in [2.24, 2.45) is 0 Å². The number of methoxy groups -OCH3 is 1. The summed E-state index contributed by atoms with van der Waals surface area (Å²) in [5.41, 5.74) is 3.23. The molecule has 6 heteroatoms. The number of hydrogen-bond acceptors (Lipinski definition) is 4. The van der Waals surface area contributed by atoms with Gasteiger partial charge in [0.2, 0.25) is 0 Å². The van der Waals surface area contributed by atoms with Crippen LogP contribution >= 0.6 is 11.6 Å². The van der Waals surface area contributed by atoms with Crippen LogP contribution in [0.1, 0.15) is 11.4 Å². The molecule has 0 bridgehead atoms. The molecule has 5 nitrogen and oxygen atoms in total. The zero-order chi connectivity index (χ0) is 22.0. The summed E-state index contributed by atoms with van der Waals surface area (Å²) >= 11 is 6.33. The van der Waals surface area contributed by atoms with Crippen molar-refractivity contribution in [3.63, 3.8) is 0 Å². The van der Waals surface area contributed by atoms with E-state index in [1.807, 2.05) is 73.6 Å². The Morgan fingerprint density at radius 3 is 2.42 bits per heavy atom. The maximum atomic E-state index is 13.4. The number of aromatic nitrogens is 2. The van der Waals surface area contributed by atoms with Crippen LogP contribution in [0, 0.1) is 0 Å². The Morgan fingerprint density at radius 1 is 1.00 bits per heavy atom. The average Bonchev–Trinajstić information content (AvgIpc) is 2.78. The average molecular weight is 432 g/mol. The lowest BCUT2D eigenvalue weighted by molar-refractivity contribution is 0.415. The summed E-state index contributed by atoms with van der Waals surface area (Å²) in [6.45, 7) is 0. The number of fused-ring (bicyclic) bond motifs is 1. The van der Waals surface area contributed by atoms with Gasteiger partial charge in [0.25, 0.3) is 5.56 Å². The first kappa shape index (κ1) is 20.7. The highest BCUT2D eigenvalue weighted by Crippen LogP contribution is 2.27. The molecule has 3 aromatic carbocycles. The van der Waals surface area contributed by atoms with E-state index in [1.54, 1.807) is 35.9 Å². The van der Waals surface area contributed by atoms with Crippen molar-refractivity contribution in [1.82, 2.24) is 9.55 Å². The van der Waals surface area contributed by atoms with E-state index in [0.29, 0.717) is 33.2 Å². The van der Waals surface area contributed by atoms with Gasteiger partial charge in [-0.25, -0.2) is 4.98 Å². The summed E-state index contributed by atoms with van der Waals surface area (Å²) in [6, 6.07) is 20.7. The lowest BCUT2D eigenvalue weighted by Gasteiger charge is -2.13. The van der Waals surface area contributed by atoms with Crippen LogP contribution in [0.5, 0.6) is 5.75 Å². The standard InChI is InChI=1S/C25H22ClN3O2/c1-28(2)18-11-8-17(9-12-18)10-15-24-27-22-7-5-4-6-20(22)25(30)29(24)19-13-14-23(31-3)21(26)16-19/h4-16H,1-3H3/b15-10+. The minimum Gasteiger partial charge on any atom is -0.495 e. The Morgan fingerprint density at radius 2 is 1.74 bits per heavy atom. The Labute approximate surface area is 185 Å². The molecule has 156 valence electrons. The van der Waals surface area contributed by atoms with Gasteiger partial charge in [-0.2, -0.15) is 0 Å². The third-order valence-corrected chi connectivity index (χ3v) is 5.32. The highest BCUT2D eigenvalue weighted by atomic mass is 35.5. The van der Waals surface area contributed by atoms with Gasteiger partial charge in [-0.05, 0) is 54.1 Å². The number of benzene rings is 3. The topological polar surface area (TPSA) is 47.4 Å². The van der Waals surface area contributed by atoms with Crippen molar-refractivity contribution >= 4 is 40.3 Å². The first-order valence-electron chi connectivity index (χ1n) is 9.79. The van der Waals surface area contributed by atoms with Crippen molar-refractivity contribution in [3.05, 3.63) is 93.5 Å². The maximum Gasteiger partial charge on any atom is 0.266 e. The molecule has 0 saturated carbocycles. The van der Waals surface area contributed by atoms with Crippen LogP contribution in [-0.2, 0) is 0 Å². The van der Waals surface area contributed by atoms with E-state index < -0.39 is 0 Å². The zero-order valence-corrected chi connectivity index (χ0v) is 18.3. The van der Waals surface area contributed by atoms with Gasteiger partial charge in [0.15, 0.2) is 0 Å². The molecule has 0 N–H and O–H groups in total. The fraction of sp³-hybridized carbons (Fsp3) is 0.120. The number of anilines is 1. The predicted molar refractivity (Wildman–Crippen MR) is 129 cm³/mol. The van der Waals surface area contributed by atoms with Gasteiger partial charge in [-0.3, -0.25) is 9.36 Å². The molecule has 0 fully saturated rings. The van der Waals surface area contributed by atoms with Crippen LogP contribution in [0.4, 0.5) is 5.69 Å². The van der Waals surface area contributed by atoms with Gasteiger partial charge in [0.1, 0.15) is 11.6 Å². The molecule has 0 spiro atoms. The molecule has 0 amide bonds. The van der Waals surface area contributed by atoms with Crippen molar-refractivity contribution < 1.29 is 4.74 Å². The van der Waals surface area contributed by atoms with Crippen LogP contribution in [0.25, 0.3) is 28.7 Å². The molecule has 4 aromatic rings. The predicted octanol–water partition coefficient (Wildman–Crippen LogP) is 5.28. The summed E-state index contributed by atoms with van der Waals surface area (Å²) in [7, 11) is 5.56. The fourth-order valence-corrected chi connectivity index (χ4v) is 3.61. The number of ether oxygens (including phenoxy) is 1. The molecule has 1 aromatic heterocycles. The molecular weight excluding hydrogens is 410 g/mol. The molecular formula is C25H22ClN3O2. The molecule has 0 atom stereocenters. The first-order valence-corrected chi connectivity index (χ1v) is 10.2. The summed E-state index contributed by atoms with van der Waals surface area (Å²) in [6.07, 6.45) is 3.79. The van der Waals surface area contributed by atoms with E-state index >= 15 is 0 Å². The molecule has 0 aliphatic carbocycles. The SMILES string of the molecule is COc1ccc(-n2c(/C=C/c3ccc(N(C)C)cc3)nc3ccccc3c2=O)cc1Cl. The molecule has 0 radical (unpaired) electrons. The van der Waals surface area contributed by atoms with Crippen molar-refractivity contribution in [2.75, 3.05) is 26.1 Å². The molecule has 4 rings (SSSR count). The number of nitrogens with zero attached hydrogens (tertiary/aromatic N) is 3. The van der Waals surface area contributed by atoms with E-state index in [4.69, 9.17) is 21.3 Å². The highest BCUT2D eigenvalue weighted by molar-refractivity contribution is 6.32. The molecule has 1 heterocycles. The largest absolute Gasteiger partial charge is 0.495 e. The van der Waals surface area contributed by atoms with Crippen molar-refractivity contribution in [1.29, 1.82) is 0 Å². The summed E-state index contributed by atoms with van der Waals surface area (Å²) in [5, 5.41) is 0.969. The summed E-state index contributed by atoms with van der Waals surface area (Å²) in [4.78, 5) is 20.1. The number of halogens is 1. The van der Waals surface area contributed by atoms with Gasteiger partial charge >= 0.3 is 0 Å². The second kappa shape index (κ2) is 8.66. The highest BCUT2D eigenvalue weighted by Gasteiger charge is 2.12. The van der Waals surface area contributed by atoms with Gasteiger partial charge in [-0.1, -0.05) is 41.9 Å². The Bertz CT molecular complexity index is 1330. The van der Waals surface area contributed by atoms with Crippen LogP contribution in [-0.4, -0.2) is 30.8 Å². The van der Waals surface area contributed by atoms with Crippen LogP contribution < -0.4 is 15.2 Å². The van der Waals surface area contributed by atoms with Crippen LogP contribution in [0.3, 0.4) is 0 Å².